The zero-order valence-electron chi connectivity index (χ0n) is 69.9. The van der Waals surface area contributed by atoms with E-state index in [1.807, 2.05) is 0 Å². The highest BCUT2D eigenvalue weighted by Gasteiger charge is 2.35. The Kier molecular flexibility index (Phi) is 48.2. The Hall–Kier alpha value is -12.5. The second-order valence-electron chi connectivity index (χ2n) is 29.0. The zero-order chi connectivity index (χ0) is 89.7. The number of nitrogens with zero attached hydrogens (tertiary/aromatic N) is 9. The lowest BCUT2D eigenvalue weighted by atomic mass is 10.1. The van der Waals surface area contributed by atoms with E-state index in [1.165, 1.54) is 98.3 Å². The number of carboxylic acids is 1. The van der Waals surface area contributed by atoms with E-state index in [-0.39, 0.29) is 135 Å². The summed E-state index contributed by atoms with van der Waals surface area (Å²) in [7, 11) is 0. The van der Waals surface area contributed by atoms with E-state index in [0.29, 0.717) is 17.1 Å². The fourth-order valence-corrected chi connectivity index (χ4v) is 8.76. The Labute approximate surface area is 722 Å². The summed E-state index contributed by atoms with van der Waals surface area (Å²) in [5.41, 5.74) is 10.7. The first-order valence-corrected chi connectivity index (χ1v) is 36.1. The van der Waals surface area contributed by atoms with E-state index in [0.717, 1.165) is 13.7 Å². The number of hydrogen-bond donors (Lipinski definition) is 13. The second-order valence-corrected chi connectivity index (χ2v) is 29.0. The van der Waals surface area contributed by atoms with Crippen LogP contribution in [0.3, 0.4) is 0 Å². The van der Waals surface area contributed by atoms with Gasteiger partial charge in [-0.05, 0) is 119 Å². The van der Waals surface area contributed by atoms with Crippen LogP contribution < -0.4 is 81.7 Å². The number of nitrogens with one attached hydrogen (secondary N) is 9. The molecule has 0 bridgehead atoms. The van der Waals surface area contributed by atoms with E-state index in [4.69, 9.17) is 55.8 Å². The molecule has 3 heterocycles. The number of carboxylic acid groups (broad SMARTS) is 1. The summed E-state index contributed by atoms with van der Waals surface area (Å²) in [5, 5.41) is 40.4. The van der Waals surface area contributed by atoms with Crippen LogP contribution in [0.5, 0.6) is 0 Å². The van der Waals surface area contributed by atoms with Crippen molar-refractivity contribution in [3.63, 3.8) is 0 Å². The minimum Gasteiger partial charge on any atom is -0.480 e. The fourth-order valence-electron chi connectivity index (χ4n) is 8.76. The lowest BCUT2D eigenvalue weighted by molar-refractivity contribution is -0.137. The SMILES string of the molecule is CC(C)(C)OC(=O)NC(=NOCCN)NC(=O)OC(C)(C)C.Cc1cnc(NCC(F)(F)c2ccccc2)c(=O)n1CC(=O)NCCON=C(N)N.Cc1cnc(NCC(F)(F)c2ccccc2)c(=O)n1CC(=O)NCCON=C(NC(=O)OC(C)(C)C)NC(=O)OC(C)(C)C.Cc1cnc(NCC(F)(F)c2ccccc2)c(=O)n1CC(=O)O.Cl.Cl.Cl.F.[2HH]. The molecule has 16 N–H and O–H groups in total. The first-order valence-electron chi connectivity index (χ1n) is 36.1. The van der Waals surface area contributed by atoms with Gasteiger partial charge in [-0.1, -0.05) is 91.0 Å². The van der Waals surface area contributed by atoms with Crippen molar-refractivity contribution >= 4 is 115 Å². The highest BCUT2D eigenvalue weighted by atomic mass is 35.5. The second kappa shape index (κ2) is 52.7. The summed E-state index contributed by atoms with van der Waals surface area (Å²) in [6.45, 7) is 21.1. The number of rotatable bonds is 29. The first kappa shape index (κ1) is 113. The van der Waals surface area contributed by atoms with Crippen LogP contribution >= 0.6 is 37.2 Å². The molecule has 39 nitrogen and oxygen atoms in total. The number of halogens is 10. The molecule has 0 fully saturated rings. The predicted octanol–water partition coefficient (Wildman–Crippen LogP) is 8.07. The highest BCUT2D eigenvalue weighted by molar-refractivity contribution is 6.02. The Bertz CT molecular complexity index is 4580. The average Bonchev–Trinajstić information content (AvgIpc) is 0.826. The summed E-state index contributed by atoms with van der Waals surface area (Å²) in [4.78, 5) is 147. The molecule has 123 heavy (non-hydrogen) atoms. The quantitative estimate of drug-likeness (QED) is 0.00527. The number of ether oxygens (including phenoxy) is 4. The molecule has 0 atom stereocenters. The van der Waals surface area contributed by atoms with Crippen LogP contribution in [0, 0.1) is 20.8 Å². The third-order valence-electron chi connectivity index (χ3n) is 13.9. The molecule has 0 unspecified atom stereocenters. The van der Waals surface area contributed by atoms with Gasteiger partial charge in [-0.25, -0.2) is 34.1 Å². The van der Waals surface area contributed by atoms with Gasteiger partial charge in [-0.2, -0.15) is 26.3 Å². The summed E-state index contributed by atoms with van der Waals surface area (Å²) in [6, 6.07) is 21.5. The van der Waals surface area contributed by atoms with Crippen LogP contribution in [-0.4, -0.2) is 175 Å². The minimum atomic E-state index is -3.27. The number of aromatic nitrogens is 6. The number of guanidine groups is 3. The number of carbonyl (C=O) groups is 7. The van der Waals surface area contributed by atoms with Crippen molar-refractivity contribution in [2.24, 2.45) is 32.7 Å². The van der Waals surface area contributed by atoms with Crippen molar-refractivity contribution in [2.75, 3.05) is 75.0 Å². The molecular formula is C74H109Cl3F7N21O18. The maximum absolute atomic E-state index is 14.5. The summed E-state index contributed by atoms with van der Waals surface area (Å²) < 4.78 is 109. The van der Waals surface area contributed by atoms with Gasteiger partial charge in [-0.3, -0.25) is 68.4 Å². The molecule has 688 valence electrons. The van der Waals surface area contributed by atoms with Crippen LogP contribution in [0.2, 0.25) is 0 Å². The number of aryl methyl sites for hydroxylation is 3. The first-order chi connectivity index (χ1) is 55.3. The number of benzene rings is 3. The number of nitrogens with two attached hydrogens (primary N) is 3. The average molecular weight is 1820 g/mol. The van der Waals surface area contributed by atoms with Gasteiger partial charge in [0, 0.05) is 60.3 Å². The van der Waals surface area contributed by atoms with Crippen molar-refractivity contribution in [1.82, 2.24) is 60.6 Å². The van der Waals surface area contributed by atoms with E-state index in [1.54, 1.807) is 115 Å². The molecule has 0 aliphatic rings. The number of carbonyl (C=O) groups excluding carboxylic acids is 6. The molecule has 0 aliphatic carbocycles. The molecule has 6 aromatic rings. The Balaban J connectivity index is -0.00000162. The number of aliphatic carboxylic acids is 1. The van der Waals surface area contributed by atoms with Crippen LogP contribution in [0.4, 0.5) is 67.7 Å². The van der Waals surface area contributed by atoms with E-state index >= 15 is 0 Å². The summed E-state index contributed by atoms with van der Waals surface area (Å²) in [6.07, 6.45) is 0.441. The zero-order valence-corrected chi connectivity index (χ0v) is 72.4. The molecule has 3 aromatic heterocycles. The minimum absolute atomic E-state index is 0. The molecule has 0 radical (unpaired) electrons. The number of alkyl halides is 6. The van der Waals surface area contributed by atoms with Gasteiger partial charge in [0.25, 0.3) is 46.4 Å². The number of alkyl carbamates (subject to hydrolysis) is 4. The highest BCUT2D eigenvalue weighted by Crippen LogP contribution is 2.30. The van der Waals surface area contributed by atoms with Crippen molar-refractivity contribution in [3.05, 3.63) is 174 Å². The number of hydrogen-bond acceptors (Lipinski definition) is 27. The van der Waals surface area contributed by atoms with Crippen molar-refractivity contribution < 1.29 is 105 Å². The maximum atomic E-state index is 14.5. The molecule has 3 aromatic carbocycles. The smallest absolute Gasteiger partial charge is 0.414 e. The standard InChI is InChI=1S/C28H39F2N7O7.C18H23F2N7O3.C15H15F2N3O3.C13H26N4O5.3ClH.FH.H2/c1-18-15-32-21(33-17-28(29,30)19-11-9-8-10-12-19)22(39)37(18)16-20(38)31-13-14-42-36-23(34-24(40)43-26(2,3)4)35-25(41)44-27(5,6)7;1-12-9-24-15(25-11-18(19,20)13-5-3-2-4-6-13)16(29)27(12)10-14(28)23-7-8-30-26-17(21)22;1-10-7-18-13(14(23)20(10)8-12(21)22)19-9-15(16,17)11-5-3-2-4-6-11;1-12(2,3)21-10(18)15-9(17-20-8-7-14)16-11(19)22-13(4,5)6;;;;;/h8-12,15H,13-14,16-17H2,1-7H3,(H,31,38)(H,32,33)(H2,34,35,36,40,41);2-6,9H,7-8,10-11H2,1H3,(H,23,28)(H,24,25)(H4,21,22,26);2-7H,8-9H2,1H3,(H,18,19)(H,21,22);7-8,14H2,1-6H3,(H2,15,16,17,18,19);5*1H/i;;;;;;;;1+1. The largest absolute Gasteiger partial charge is 0.480 e. The molecule has 0 saturated carbocycles. The lowest BCUT2D eigenvalue weighted by Gasteiger charge is -2.21. The van der Waals surface area contributed by atoms with Crippen LogP contribution in [0.15, 0.2) is 139 Å². The van der Waals surface area contributed by atoms with Gasteiger partial charge < -0.3 is 82.4 Å². The normalized spacial score (nSPS) is 10.9. The van der Waals surface area contributed by atoms with Crippen molar-refractivity contribution in [3.8, 4) is 0 Å². The van der Waals surface area contributed by atoms with Gasteiger partial charge in [-0.15, -0.1) is 37.2 Å². The van der Waals surface area contributed by atoms with Crippen LogP contribution in [-0.2, 0) is 85.2 Å². The van der Waals surface area contributed by atoms with Crippen LogP contribution in [0.1, 0.15) is 118 Å². The third kappa shape index (κ3) is 45.1. The van der Waals surface area contributed by atoms with Gasteiger partial charge in [0.2, 0.25) is 17.8 Å². The van der Waals surface area contributed by atoms with Gasteiger partial charge in [0.15, 0.2) is 17.5 Å². The maximum Gasteiger partial charge on any atom is 0.414 e. The number of anilines is 3. The Morgan fingerprint density at radius 1 is 0.431 bits per heavy atom. The fraction of sp³-hybridized carbons (Fsp3) is 0.459. The molecule has 0 saturated heterocycles. The summed E-state index contributed by atoms with van der Waals surface area (Å²) >= 11 is 0. The molecule has 6 amide bonds. The molecule has 6 rings (SSSR count). The van der Waals surface area contributed by atoms with E-state index in [2.05, 4.69) is 78.3 Å². The van der Waals surface area contributed by atoms with E-state index in [9.17, 15) is 74.3 Å². The Morgan fingerprint density at radius 2 is 0.683 bits per heavy atom. The topological polar surface area (TPSA) is 532 Å². The summed E-state index contributed by atoms with van der Waals surface area (Å²) in [5.74, 6) is -13.8. The van der Waals surface area contributed by atoms with Crippen LogP contribution in [0.25, 0.3) is 0 Å². The molecular weight excluding hydrogens is 1710 g/mol. The monoisotopic (exact) mass is 1820 g/mol. The molecule has 49 heteroatoms. The van der Waals surface area contributed by atoms with Crippen molar-refractivity contribution in [2.45, 2.75) is 164 Å². The lowest BCUT2D eigenvalue weighted by Crippen LogP contribution is -2.47. The predicted molar refractivity (Wildman–Crippen MR) is 451 cm³/mol. The number of oxime groups is 3. The molecule has 0 spiro atoms. The van der Waals surface area contributed by atoms with Crippen molar-refractivity contribution in [1.29, 1.82) is 0 Å². The van der Waals surface area contributed by atoms with Gasteiger partial charge in [0.05, 0.1) is 32.7 Å². The Morgan fingerprint density at radius 3 is 0.927 bits per heavy atom. The molecule has 0 aliphatic heterocycles. The van der Waals surface area contributed by atoms with E-state index < -0.39 is 138 Å². The van der Waals surface area contributed by atoms with Gasteiger partial charge in [0.1, 0.15) is 61.9 Å². The third-order valence-corrected chi connectivity index (χ3v) is 13.9. The number of amides is 6. The van der Waals surface area contributed by atoms with Gasteiger partial charge >= 0.3 is 30.3 Å².